The molecular formula is C17H13BrN4O3S2. The van der Waals surface area contributed by atoms with Gasteiger partial charge in [0.1, 0.15) is 11.5 Å². The van der Waals surface area contributed by atoms with Crippen molar-refractivity contribution in [2.45, 2.75) is 11.8 Å². The van der Waals surface area contributed by atoms with Gasteiger partial charge in [0, 0.05) is 15.9 Å². The molecule has 0 spiro atoms. The molecule has 3 aromatic heterocycles. The van der Waals surface area contributed by atoms with E-state index in [1.165, 1.54) is 28.2 Å². The van der Waals surface area contributed by atoms with Crippen molar-refractivity contribution in [2.75, 3.05) is 4.72 Å². The van der Waals surface area contributed by atoms with Crippen LogP contribution in [0.1, 0.15) is 5.69 Å². The van der Waals surface area contributed by atoms with E-state index in [2.05, 4.69) is 30.7 Å². The van der Waals surface area contributed by atoms with Crippen LogP contribution in [-0.2, 0) is 10.0 Å². The highest BCUT2D eigenvalue weighted by molar-refractivity contribution is 9.10. The van der Waals surface area contributed by atoms with E-state index < -0.39 is 10.0 Å². The molecule has 0 aliphatic carbocycles. The van der Waals surface area contributed by atoms with Gasteiger partial charge < -0.3 is 4.42 Å². The summed E-state index contributed by atoms with van der Waals surface area (Å²) in [4.78, 5) is 4.65. The second kappa shape index (κ2) is 6.95. The molecule has 0 saturated carbocycles. The molecule has 1 N–H and O–H groups in total. The molecule has 10 heteroatoms. The minimum atomic E-state index is -3.76. The number of benzene rings is 1. The second-order valence-electron chi connectivity index (χ2n) is 5.63. The molecule has 27 heavy (non-hydrogen) atoms. The fraction of sp³-hybridized carbons (Fsp3) is 0.0588. The summed E-state index contributed by atoms with van der Waals surface area (Å²) in [5, 5.41) is 6.73. The van der Waals surface area contributed by atoms with Gasteiger partial charge in [-0.25, -0.2) is 13.4 Å². The molecule has 4 rings (SSSR count). The Bertz CT molecular complexity index is 1180. The molecule has 138 valence electrons. The van der Waals surface area contributed by atoms with Crippen molar-refractivity contribution in [3.8, 4) is 16.6 Å². The lowest BCUT2D eigenvalue weighted by atomic mass is 10.4. The molecule has 0 saturated heterocycles. The van der Waals surface area contributed by atoms with Gasteiger partial charge in [0.15, 0.2) is 5.76 Å². The monoisotopic (exact) mass is 464 g/mol. The van der Waals surface area contributed by atoms with Gasteiger partial charge in [-0.1, -0.05) is 15.9 Å². The minimum absolute atomic E-state index is 0.159. The van der Waals surface area contributed by atoms with Crippen LogP contribution in [-0.4, -0.2) is 23.2 Å². The third-order valence-electron chi connectivity index (χ3n) is 3.64. The first-order chi connectivity index (χ1) is 12.9. The van der Waals surface area contributed by atoms with Gasteiger partial charge in [-0.3, -0.25) is 4.72 Å². The van der Waals surface area contributed by atoms with Crippen molar-refractivity contribution in [2.24, 2.45) is 0 Å². The zero-order valence-electron chi connectivity index (χ0n) is 14.0. The predicted octanol–water partition coefficient (Wildman–Crippen LogP) is 4.46. The van der Waals surface area contributed by atoms with E-state index in [-0.39, 0.29) is 4.90 Å². The van der Waals surface area contributed by atoms with Crippen molar-refractivity contribution in [3.05, 3.63) is 64.3 Å². The highest BCUT2D eigenvalue weighted by Gasteiger charge is 2.19. The number of nitrogens with zero attached hydrogens (tertiary/aromatic N) is 3. The van der Waals surface area contributed by atoms with E-state index in [9.17, 15) is 8.42 Å². The van der Waals surface area contributed by atoms with Crippen LogP contribution in [0, 0.1) is 6.92 Å². The minimum Gasteiger partial charge on any atom is -0.463 e. The molecule has 3 heterocycles. The van der Waals surface area contributed by atoms with Crippen molar-refractivity contribution in [1.29, 1.82) is 0 Å². The van der Waals surface area contributed by atoms with Crippen LogP contribution < -0.4 is 4.72 Å². The number of nitrogens with one attached hydrogen (secondary N) is 1. The third kappa shape index (κ3) is 3.68. The molecule has 0 aliphatic heterocycles. The third-order valence-corrected chi connectivity index (χ3v) is 6.36. The number of hydrogen-bond acceptors (Lipinski definition) is 6. The van der Waals surface area contributed by atoms with Gasteiger partial charge in [-0.05, 0) is 43.3 Å². The topological polar surface area (TPSA) is 90.0 Å². The zero-order valence-corrected chi connectivity index (χ0v) is 17.2. The Morgan fingerprint density at radius 3 is 2.70 bits per heavy atom. The van der Waals surface area contributed by atoms with E-state index in [0.717, 1.165) is 4.47 Å². The summed E-state index contributed by atoms with van der Waals surface area (Å²) in [6.07, 6.45) is 1.57. The van der Waals surface area contributed by atoms with Crippen molar-refractivity contribution in [3.63, 3.8) is 0 Å². The molecule has 1 aromatic carbocycles. The number of aromatic nitrogens is 3. The fourth-order valence-corrected chi connectivity index (χ4v) is 4.50. The average Bonchev–Trinajstić information content (AvgIpc) is 3.35. The Morgan fingerprint density at radius 2 is 2.00 bits per heavy atom. The maximum absolute atomic E-state index is 12.7. The smallest absolute Gasteiger partial charge is 0.263 e. The van der Waals surface area contributed by atoms with Gasteiger partial charge in [-0.15, -0.1) is 11.3 Å². The largest absolute Gasteiger partial charge is 0.463 e. The molecule has 0 aliphatic rings. The van der Waals surface area contributed by atoms with Crippen LogP contribution in [0.3, 0.4) is 0 Å². The van der Waals surface area contributed by atoms with Crippen LogP contribution in [0.25, 0.3) is 16.6 Å². The first kappa shape index (κ1) is 18.0. The number of aryl methyl sites for hydroxylation is 1. The van der Waals surface area contributed by atoms with E-state index in [1.807, 2.05) is 11.4 Å². The summed E-state index contributed by atoms with van der Waals surface area (Å²) in [6.45, 7) is 1.79. The Kier molecular flexibility index (Phi) is 4.62. The molecule has 0 radical (unpaired) electrons. The van der Waals surface area contributed by atoms with Crippen molar-refractivity contribution in [1.82, 2.24) is 14.8 Å². The first-order valence-corrected chi connectivity index (χ1v) is 10.9. The van der Waals surface area contributed by atoms with Gasteiger partial charge in [-0.2, -0.15) is 9.78 Å². The normalized spacial score (nSPS) is 11.6. The molecule has 4 aromatic rings. The maximum atomic E-state index is 12.7. The van der Waals surface area contributed by atoms with Crippen molar-refractivity contribution >= 4 is 43.1 Å². The van der Waals surface area contributed by atoms with Crippen LogP contribution in [0.15, 0.2) is 67.9 Å². The van der Waals surface area contributed by atoms with Gasteiger partial charge in [0.25, 0.3) is 10.0 Å². The quantitative estimate of drug-likeness (QED) is 0.470. The summed E-state index contributed by atoms with van der Waals surface area (Å²) >= 11 is 4.64. The summed E-state index contributed by atoms with van der Waals surface area (Å²) in [7, 11) is -3.76. The van der Waals surface area contributed by atoms with E-state index in [0.29, 0.717) is 28.1 Å². The molecule has 0 amide bonds. The highest BCUT2D eigenvalue weighted by Crippen LogP contribution is 2.27. The molecule has 0 unspecified atom stereocenters. The lowest BCUT2D eigenvalue weighted by Gasteiger charge is -2.09. The van der Waals surface area contributed by atoms with E-state index >= 15 is 0 Å². The molecular weight excluding hydrogens is 452 g/mol. The SMILES string of the molecule is Cc1cc(NS(=O)(=O)c2ccc(Br)cc2)n(-c2nc(-c3ccco3)cs2)n1. The zero-order chi connectivity index (χ0) is 19.0. The standard InChI is InChI=1S/C17H13BrN4O3S2/c1-11-9-16(21-27(23,24)13-6-4-12(18)5-7-13)22(20-11)17-19-14(10-26-17)15-3-2-8-25-15/h2-10,21H,1H3. The number of rotatable bonds is 5. The van der Waals surface area contributed by atoms with Crippen LogP contribution in [0.4, 0.5) is 5.82 Å². The van der Waals surface area contributed by atoms with Crippen LogP contribution >= 0.6 is 27.3 Å². The fourth-order valence-electron chi connectivity index (χ4n) is 2.43. The van der Waals surface area contributed by atoms with E-state index in [1.54, 1.807) is 37.5 Å². The Balaban J connectivity index is 1.68. The Labute approximate surface area is 167 Å². The highest BCUT2D eigenvalue weighted by atomic mass is 79.9. The molecule has 0 fully saturated rings. The lowest BCUT2D eigenvalue weighted by molar-refractivity contribution is 0.580. The number of furan rings is 1. The summed E-state index contributed by atoms with van der Waals surface area (Å²) in [5.41, 5.74) is 1.33. The van der Waals surface area contributed by atoms with Crippen molar-refractivity contribution < 1.29 is 12.8 Å². The van der Waals surface area contributed by atoms with Gasteiger partial charge in [0.2, 0.25) is 5.13 Å². The maximum Gasteiger partial charge on any atom is 0.263 e. The van der Waals surface area contributed by atoms with E-state index in [4.69, 9.17) is 4.42 Å². The summed E-state index contributed by atoms with van der Waals surface area (Å²) in [5.74, 6) is 0.953. The predicted molar refractivity (Wildman–Crippen MR) is 107 cm³/mol. The average molecular weight is 465 g/mol. The van der Waals surface area contributed by atoms with Gasteiger partial charge in [0.05, 0.1) is 16.9 Å². The lowest BCUT2D eigenvalue weighted by Crippen LogP contribution is -2.15. The number of anilines is 1. The van der Waals surface area contributed by atoms with Crippen LogP contribution in [0.5, 0.6) is 0 Å². The second-order valence-corrected chi connectivity index (χ2v) is 9.07. The number of thiazole rings is 1. The molecule has 0 bridgehead atoms. The Morgan fingerprint density at radius 1 is 1.22 bits per heavy atom. The molecule has 7 nitrogen and oxygen atoms in total. The molecule has 0 atom stereocenters. The van der Waals surface area contributed by atoms with Gasteiger partial charge >= 0.3 is 0 Å². The number of halogens is 1. The number of hydrogen-bond donors (Lipinski definition) is 1. The Hall–Kier alpha value is -2.43. The van der Waals surface area contributed by atoms with Crippen LogP contribution in [0.2, 0.25) is 0 Å². The summed E-state index contributed by atoms with van der Waals surface area (Å²) in [6, 6.07) is 11.6. The number of sulfonamides is 1. The summed E-state index contributed by atoms with van der Waals surface area (Å²) < 4.78 is 35.6. The first-order valence-electron chi connectivity index (χ1n) is 7.77.